The fraction of sp³-hybridized carbons (Fsp3) is 0.200. The smallest absolute Gasteiger partial charge is 0.266 e. The van der Waals surface area contributed by atoms with E-state index in [1.807, 2.05) is 0 Å². The van der Waals surface area contributed by atoms with Crippen molar-refractivity contribution in [1.82, 2.24) is 10.6 Å². The molecule has 1 fully saturated rings. The van der Waals surface area contributed by atoms with Crippen molar-refractivity contribution in [3.05, 3.63) is 65.2 Å². The minimum atomic E-state index is -0.394. The predicted molar refractivity (Wildman–Crippen MR) is 97.5 cm³/mol. The fourth-order valence-corrected chi connectivity index (χ4v) is 2.95. The molecule has 7 heteroatoms. The molecule has 0 spiro atoms. The highest BCUT2D eigenvalue weighted by Crippen LogP contribution is 2.28. The normalized spacial score (nSPS) is 15.5. The summed E-state index contributed by atoms with van der Waals surface area (Å²) in [6, 6.07) is 13.0. The molecule has 2 aliphatic rings. The zero-order valence-corrected chi connectivity index (χ0v) is 14.4. The first-order chi connectivity index (χ1) is 13.0. The van der Waals surface area contributed by atoms with Crippen LogP contribution in [0.3, 0.4) is 0 Å². The third kappa shape index (κ3) is 3.31. The summed E-state index contributed by atoms with van der Waals surface area (Å²) in [5.41, 5.74) is 1.47. The van der Waals surface area contributed by atoms with E-state index in [0.29, 0.717) is 22.4 Å². The molecule has 27 heavy (non-hydrogen) atoms. The van der Waals surface area contributed by atoms with E-state index in [-0.39, 0.29) is 30.3 Å². The van der Waals surface area contributed by atoms with Gasteiger partial charge in [0.25, 0.3) is 17.7 Å². The zero-order chi connectivity index (χ0) is 19.0. The topological polar surface area (TPSA) is 95.6 Å². The van der Waals surface area contributed by atoms with Gasteiger partial charge in [-0.2, -0.15) is 0 Å². The molecule has 0 aromatic heterocycles. The molecule has 1 saturated carbocycles. The highest BCUT2D eigenvalue weighted by Gasteiger charge is 2.36. The fourth-order valence-electron chi connectivity index (χ4n) is 2.95. The Balaban J connectivity index is 1.43. The molecular formula is C20H17N3O4. The highest BCUT2D eigenvalue weighted by molar-refractivity contribution is 6.34. The van der Waals surface area contributed by atoms with Crippen LogP contribution in [0.4, 0.5) is 5.69 Å². The van der Waals surface area contributed by atoms with Crippen molar-refractivity contribution >= 4 is 29.3 Å². The molecular weight excluding hydrogens is 346 g/mol. The summed E-state index contributed by atoms with van der Waals surface area (Å²) in [4.78, 5) is 49.8. The monoisotopic (exact) mass is 363 g/mol. The molecule has 7 nitrogen and oxygen atoms in total. The van der Waals surface area contributed by atoms with E-state index in [4.69, 9.17) is 0 Å². The lowest BCUT2D eigenvalue weighted by Gasteiger charge is -2.14. The van der Waals surface area contributed by atoms with Crippen LogP contribution in [0, 0.1) is 0 Å². The summed E-state index contributed by atoms with van der Waals surface area (Å²) >= 11 is 0. The van der Waals surface area contributed by atoms with Gasteiger partial charge in [-0.3, -0.25) is 19.2 Å². The molecule has 136 valence electrons. The van der Waals surface area contributed by atoms with Gasteiger partial charge in [-0.25, -0.2) is 4.90 Å². The number of anilines is 1. The average molecular weight is 363 g/mol. The SMILES string of the molecule is O=C(CNC(=O)c1ccc(N2C(=O)c3ccccc3C2=O)cc1)NC1CC1. The number of benzene rings is 2. The van der Waals surface area contributed by atoms with Crippen molar-refractivity contribution in [2.24, 2.45) is 0 Å². The van der Waals surface area contributed by atoms with Crippen molar-refractivity contribution in [3.8, 4) is 0 Å². The Morgan fingerprint density at radius 3 is 2.07 bits per heavy atom. The summed E-state index contributed by atoms with van der Waals surface area (Å²) in [6.45, 7) is -0.0878. The molecule has 1 aliphatic heterocycles. The van der Waals surface area contributed by atoms with Crippen LogP contribution in [0.15, 0.2) is 48.5 Å². The molecule has 2 aromatic rings. The minimum absolute atomic E-state index is 0.0878. The molecule has 0 atom stereocenters. The second-order valence-electron chi connectivity index (χ2n) is 6.56. The van der Waals surface area contributed by atoms with Gasteiger partial charge in [0, 0.05) is 11.6 Å². The van der Waals surface area contributed by atoms with Crippen LogP contribution >= 0.6 is 0 Å². The van der Waals surface area contributed by atoms with E-state index in [1.54, 1.807) is 36.4 Å². The molecule has 1 aliphatic carbocycles. The second kappa shape index (κ2) is 6.68. The Bertz CT molecular complexity index is 913. The Labute approximate surface area is 155 Å². The van der Waals surface area contributed by atoms with Gasteiger partial charge in [0.2, 0.25) is 5.91 Å². The van der Waals surface area contributed by atoms with E-state index in [9.17, 15) is 19.2 Å². The van der Waals surface area contributed by atoms with E-state index in [2.05, 4.69) is 10.6 Å². The van der Waals surface area contributed by atoms with Gasteiger partial charge in [-0.1, -0.05) is 12.1 Å². The van der Waals surface area contributed by atoms with Crippen molar-refractivity contribution < 1.29 is 19.2 Å². The van der Waals surface area contributed by atoms with Crippen LogP contribution in [0.2, 0.25) is 0 Å². The first-order valence-corrected chi connectivity index (χ1v) is 8.70. The Hall–Kier alpha value is -3.48. The Kier molecular flexibility index (Phi) is 4.19. The van der Waals surface area contributed by atoms with Crippen LogP contribution in [-0.2, 0) is 4.79 Å². The number of carbonyl (C=O) groups excluding carboxylic acids is 4. The third-order valence-corrected chi connectivity index (χ3v) is 4.53. The van der Waals surface area contributed by atoms with Crippen LogP contribution in [-0.4, -0.2) is 36.2 Å². The molecule has 0 radical (unpaired) electrons. The first-order valence-electron chi connectivity index (χ1n) is 8.70. The van der Waals surface area contributed by atoms with Crippen LogP contribution in [0.1, 0.15) is 43.9 Å². The van der Waals surface area contributed by atoms with Crippen LogP contribution in [0.25, 0.3) is 0 Å². The average Bonchev–Trinajstić information content (AvgIpc) is 3.46. The maximum atomic E-state index is 12.5. The number of nitrogens with one attached hydrogen (secondary N) is 2. The largest absolute Gasteiger partial charge is 0.352 e. The highest BCUT2D eigenvalue weighted by atomic mass is 16.2. The lowest BCUT2D eigenvalue weighted by atomic mass is 10.1. The quantitative estimate of drug-likeness (QED) is 0.787. The number of imide groups is 1. The summed E-state index contributed by atoms with van der Waals surface area (Å²) in [6.07, 6.45) is 1.97. The summed E-state index contributed by atoms with van der Waals surface area (Å²) in [5.74, 6) is -1.38. The lowest BCUT2D eigenvalue weighted by molar-refractivity contribution is -0.120. The van der Waals surface area contributed by atoms with Gasteiger partial charge in [-0.05, 0) is 49.2 Å². The zero-order valence-electron chi connectivity index (χ0n) is 14.4. The lowest BCUT2D eigenvalue weighted by Crippen LogP contribution is -2.37. The molecule has 0 bridgehead atoms. The Morgan fingerprint density at radius 2 is 1.52 bits per heavy atom. The van der Waals surface area contributed by atoms with Crippen molar-refractivity contribution in [3.63, 3.8) is 0 Å². The van der Waals surface area contributed by atoms with Crippen LogP contribution in [0.5, 0.6) is 0 Å². The number of amides is 4. The summed E-state index contributed by atoms with van der Waals surface area (Å²) in [7, 11) is 0. The third-order valence-electron chi connectivity index (χ3n) is 4.53. The van der Waals surface area contributed by atoms with E-state index < -0.39 is 5.91 Å². The molecule has 4 amide bonds. The molecule has 2 aromatic carbocycles. The number of hydrogen-bond donors (Lipinski definition) is 2. The van der Waals surface area contributed by atoms with Crippen molar-refractivity contribution in [2.45, 2.75) is 18.9 Å². The number of hydrogen-bond acceptors (Lipinski definition) is 4. The number of fused-ring (bicyclic) bond motifs is 1. The van der Waals surface area contributed by atoms with E-state index >= 15 is 0 Å². The van der Waals surface area contributed by atoms with Gasteiger partial charge in [0.05, 0.1) is 23.4 Å². The number of rotatable bonds is 5. The standard InChI is InChI=1S/C20H17N3O4/c24-17(22-13-7-8-13)11-21-18(25)12-5-9-14(10-6-12)23-19(26)15-3-1-2-4-16(15)20(23)27/h1-6,9-10,13H,7-8,11H2,(H,21,25)(H,22,24). The number of carbonyl (C=O) groups is 4. The maximum absolute atomic E-state index is 12.5. The van der Waals surface area contributed by atoms with E-state index in [1.165, 1.54) is 12.1 Å². The molecule has 1 heterocycles. The van der Waals surface area contributed by atoms with Gasteiger partial charge in [0.1, 0.15) is 0 Å². The summed E-state index contributed by atoms with van der Waals surface area (Å²) < 4.78 is 0. The van der Waals surface area contributed by atoms with E-state index in [0.717, 1.165) is 17.7 Å². The molecule has 0 unspecified atom stereocenters. The molecule has 2 N–H and O–H groups in total. The predicted octanol–water partition coefficient (Wildman–Crippen LogP) is 1.50. The van der Waals surface area contributed by atoms with Gasteiger partial charge in [-0.15, -0.1) is 0 Å². The first kappa shape index (κ1) is 17.0. The van der Waals surface area contributed by atoms with Gasteiger partial charge >= 0.3 is 0 Å². The second-order valence-corrected chi connectivity index (χ2v) is 6.56. The molecule has 4 rings (SSSR count). The Morgan fingerprint density at radius 1 is 0.926 bits per heavy atom. The van der Waals surface area contributed by atoms with Gasteiger partial charge < -0.3 is 10.6 Å². The molecule has 0 saturated heterocycles. The maximum Gasteiger partial charge on any atom is 0.266 e. The van der Waals surface area contributed by atoms with Crippen molar-refractivity contribution in [1.29, 1.82) is 0 Å². The van der Waals surface area contributed by atoms with Gasteiger partial charge in [0.15, 0.2) is 0 Å². The van der Waals surface area contributed by atoms with Crippen molar-refractivity contribution in [2.75, 3.05) is 11.4 Å². The number of nitrogens with zero attached hydrogens (tertiary/aromatic N) is 1. The summed E-state index contributed by atoms with van der Waals surface area (Å²) in [5, 5.41) is 5.34. The van der Waals surface area contributed by atoms with Crippen LogP contribution < -0.4 is 15.5 Å². The minimum Gasteiger partial charge on any atom is -0.352 e.